The maximum atomic E-state index is 5.94. The first kappa shape index (κ1) is 21.2. The number of rotatable bonds is 4. The minimum Gasteiger partial charge on any atom is -0.496 e. The van der Waals surface area contributed by atoms with Gasteiger partial charge in [0.25, 0.3) is 0 Å². The fourth-order valence-electron chi connectivity index (χ4n) is 5.38. The van der Waals surface area contributed by atoms with Gasteiger partial charge in [-0.25, -0.2) is 4.98 Å². The molecule has 0 aliphatic carbocycles. The van der Waals surface area contributed by atoms with Crippen molar-refractivity contribution in [3.05, 3.63) is 66.6 Å². The van der Waals surface area contributed by atoms with E-state index in [4.69, 9.17) is 14.2 Å². The number of hydrogen-bond acceptors (Lipinski definition) is 4. The lowest BCUT2D eigenvalue weighted by Gasteiger charge is -2.17. The molecule has 174 valence electrons. The molecule has 0 atom stereocenters. The molecule has 0 amide bonds. The highest BCUT2D eigenvalue weighted by Gasteiger charge is 2.23. The van der Waals surface area contributed by atoms with Gasteiger partial charge in [0.05, 0.1) is 54.8 Å². The van der Waals surface area contributed by atoms with Crippen molar-refractivity contribution in [2.75, 3.05) is 21.3 Å². The fraction of sp³-hybridized carbons (Fsp3) is 0.172. The SMILES string of the molecule is COc1ccc2c(c[n+](C)c3c4cc(C)c(OC)c(-c5ccc6nc[nH]c6c5)c4ccc23)c1OC. The van der Waals surface area contributed by atoms with Crippen molar-refractivity contribution >= 4 is 43.5 Å². The number of aromatic amines is 1. The number of methoxy groups -OCH3 is 3. The summed E-state index contributed by atoms with van der Waals surface area (Å²) in [6, 6.07) is 17.0. The Balaban J connectivity index is 1.75. The second-order valence-corrected chi connectivity index (χ2v) is 8.80. The van der Waals surface area contributed by atoms with Gasteiger partial charge in [-0.3, -0.25) is 0 Å². The molecular weight excluding hydrogens is 438 g/mol. The van der Waals surface area contributed by atoms with E-state index in [-0.39, 0.29) is 0 Å². The molecule has 2 aromatic heterocycles. The van der Waals surface area contributed by atoms with Crippen molar-refractivity contribution in [2.24, 2.45) is 7.05 Å². The van der Waals surface area contributed by atoms with Gasteiger partial charge in [-0.15, -0.1) is 0 Å². The van der Waals surface area contributed by atoms with Gasteiger partial charge >= 0.3 is 0 Å². The molecule has 2 heterocycles. The summed E-state index contributed by atoms with van der Waals surface area (Å²) in [7, 11) is 7.16. The van der Waals surface area contributed by atoms with E-state index in [0.29, 0.717) is 0 Å². The van der Waals surface area contributed by atoms with Gasteiger partial charge in [0.15, 0.2) is 17.7 Å². The van der Waals surface area contributed by atoms with Crippen molar-refractivity contribution in [2.45, 2.75) is 6.92 Å². The molecule has 0 saturated carbocycles. The van der Waals surface area contributed by atoms with Crippen molar-refractivity contribution in [1.29, 1.82) is 0 Å². The summed E-state index contributed by atoms with van der Waals surface area (Å²) in [5.41, 5.74) is 6.33. The molecular formula is C29H26N3O3+. The molecule has 6 rings (SSSR count). The van der Waals surface area contributed by atoms with E-state index in [1.807, 2.05) is 12.1 Å². The third-order valence-electron chi connectivity index (χ3n) is 6.90. The first-order valence-corrected chi connectivity index (χ1v) is 11.5. The molecule has 35 heavy (non-hydrogen) atoms. The normalized spacial score (nSPS) is 11.6. The van der Waals surface area contributed by atoms with Crippen molar-refractivity contribution in [3.8, 4) is 28.4 Å². The van der Waals surface area contributed by atoms with Crippen LogP contribution in [0.4, 0.5) is 0 Å². The third-order valence-corrected chi connectivity index (χ3v) is 6.90. The van der Waals surface area contributed by atoms with Gasteiger partial charge in [0.1, 0.15) is 12.8 Å². The Labute approximate surface area is 202 Å². The number of benzene rings is 4. The van der Waals surface area contributed by atoms with Crippen LogP contribution in [-0.2, 0) is 7.05 Å². The Bertz CT molecular complexity index is 1790. The molecule has 0 bridgehead atoms. The van der Waals surface area contributed by atoms with Crippen LogP contribution in [0.2, 0.25) is 0 Å². The number of aromatic nitrogens is 3. The molecule has 0 radical (unpaired) electrons. The van der Waals surface area contributed by atoms with Crippen LogP contribution in [0.3, 0.4) is 0 Å². The number of fused-ring (bicyclic) bond motifs is 6. The van der Waals surface area contributed by atoms with Crippen LogP contribution in [0, 0.1) is 6.92 Å². The molecule has 6 aromatic rings. The lowest BCUT2D eigenvalue weighted by Crippen LogP contribution is -2.28. The Morgan fingerprint density at radius 2 is 1.54 bits per heavy atom. The summed E-state index contributed by atoms with van der Waals surface area (Å²) < 4.78 is 19.4. The van der Waals surface area contributed by atoms with Crippen LogP contribution in [0.5, 0.6) is 17.2 Å². The minimum absolute atomic E-state index is 0.720. The molecule has 4 aromatic carbocycles. The maximum absolute atomic E-state index is 5.94. The zero-order chi connectivity index (χ0) is 24.3. The number of nitrogens with one attached hydrogen (secondary N) is 1. The zero-order valence-electron chi connectivity index (χ0n) is 20.4. The second-order valence-electron chi connectivity index (χ2n) is 8.80. The van der Waals surface area contributed by atoms with E-state index < -0.39 is 0 Å². The molecule has 0 aliphatic heterocycles. The number of nitrogens with zero attached hydrogens (tertiary/aromatic N) is 2. The Morgan fingerprint density at radius 1 is 0.771 bits per heavy atom. The fourth-order valence-corrected chi connectivity index (χ4v) is 5.38. The van der Waals surface area contributed by atoms with Crippen LogP contribution in [-0.4, -0.2) is 31.3 Å². The Hall–Kier alpha value is -4.32. The van der Waals surface area contributed by atoms with Gasteiger partial charge in [-0.2, -0.15) is 4.57 Å². The highest BCUT2D eigenvalue weighted by atomic mass is 16.5. The van der Waals surface area contributed by atoms with Gasteiger partial charge in [0.2, 0.25) is 5.52 Å². The number of aryl methyl sites for hydroxylation is 2. The summed E-state index contributed by atoms with van der Waals surface area (Å²) in [6.07, 6.45) is 3.84. The van der Waals surface area contributed by atoms with Gasteiger partial charge < -0.3 is 19.2 Å². The number of imidazole rings is 1. The quantitative estimate of drug-likeness (QED) is 0.263. The highest BCUT2D eigenvalue weighted by molar-refractivity contribution is 6.18. The lowest BCUT2D eigenvalue weighted by molar-refractivity contribution is -0.642. The highest BCUT2D eigenvalue weighted by Crippen LogP contribution is 2.44. The summed E-state index contributed by atoms with van der Waals surface area (Å²) in [5.74, 6) is 2.34. The monoisotopic (exact) mass is 464 g/mol. The molecule has 0 fully saturated rings. The summed E-state index contributed by atoms with van der Waals surface area (Å²) in [5, 5.41) is 5.58. The number of H-pyrrole nitrogens is 1. The Morgan fingerprint density at radius 3 is 2.31 bits per heavy atom. The van der Waals surface area contributed by atoms with E-state index in [2.05, 4.69) is 71.1 Å². The average molecular weight is 465 g/mol. The third kappa shape index (κ3) is 3.03. The largest absolute Gasteiger partial charge is 0.496 e. The molecule has 0 spiro atoms. The molecule has 0 saturated heterocycles. The molecule has 1 N–H and O–H groups in total. The number of ether oxygens (including phenoxy) is 3. The van der Waals surface area contributed by atoms with Gasteiger partial charge in [-0.05, 0) is 59.8 Å². The zero-order valence-corrected chi connectivity index (χ0v) is 20.4. The first-order valence-electron chi connectivity index (χ1n) is 11.5. The second kappa shape index (κ2) is 7.87. The van der Waals surface area contributed by atoms with E-state index in [0.717, 1.165) is 72.0 Å². The van der Waals surface area contributed by atoms with E-state index in [9.17, 15) is 0 Å². The van der Waals surface area contributed by atoms with Crippen molar-refractivity contribution < 1.29 is 18.8 Å². The summed E-state index contributed by atoms with van der Waals surface area (Å²) >= 11 is 0. The predicted molar refractivity (Wildman–Crippen MR) is 140 cm³/mol. The van der Waals surface area contributed by atoms with Crippen molar-refractivity contribution in [3.63, 3.8) is 0 Å². The van der Waals surface area contributed by atoms with Crippen LogP contribution < -0.4 is 18.8 Å². The van der Waals surface area contributed by atoms with Gasteiger partial charge in [-0.1, -0.05) is 12.1 Å². The lowest BCUT2D eigenvalue weighted by atomic mass is 9.91. The van der Waals surface area contributed by atoms with E-state index in [1.54, 1.807) is 27.7 Å². The predicted octanol–water partition coefficient (Wildman–Crippen LogP) is 5.85. The molecule has 0 unspecified atom stereocenters. The number of hydrogen-bond donors (Lipinski definition) is 1. The van der Waals surface area contributed by atoms with Crippen molar-refractivity contribution in [1.82, 2.24) is 9.97 Å². The van der Waals surface area contributed by atoms with Crippen LogP contribution in [0.15, 0.2) is 61.1 Å². The Kier molecular flexibility index (Phi) is 4.78. The first-order chi connectivity index (χ1) is 17.0. The van der Waals surface area contributed by atoms with E-state index in [1.165, 1.54) is 5.39 Å². The molecule has 6 nitrogen and oxygen atoms in total. The van der Waals surface area contributed by atoms with Crippen LogP contribution in [0.25, 0.3) is 54.6 Å². The molecule has 0 aliphatic rings. The minimum atomic E-state index is 0.720. The van der Waals surface area contributed by atoms with E-state index >= 15 is 0 Å². The average Bonchev–Trinajstić information content (AvgIpc) is 3.34. The van der Waals surface area contributed by atoms with Crippen LogP contribution in [0.1, 0.15) is 5.56 Å². The smallest absolute Gasteiger partial charge is 0.220 e. The maximum Gasteiger partial charge on any atom is 0.220 e. The summed E-state index contributed by atoms with van der Waals surface area (Å²) in [4.78, 5) is 7.61. The van der Waals surface area contributed by atoms with Gasteiger partial charge in [0, 0.05) is 10.9 Å². The number of pyridine rings is 1. The topological polar surface area (TPSA) is 60.2 Å². The molecule has 6 heteroatoms. The standard InChI is InChI=1S/C29H26N3O3/c1-16-12-21-19(26(28(16)34-4)17-6-10-23-24(13-17)31-15-30-23)7-8-20-18-9-11-25(33-3)29(35-5)22(18)14-32(2)27(20)21/h6-15H,1-5H3,(H,30,31)/q+1. The van der Waals surface area contributed by atoms with Crippen LogP contribution >= 0.6 is 0 Å². The summed E-state index contributed by atoms with van der Waals surface area (Å²) in [6.45, 7) is 2.10.